The SMILES string of the molecule is Cc1ccc(S(=O)(=O)N(CC(C)C)[C@@H](CCCCNC(=O)N(Cc2ccccc2)Cc2ccc([N+](=O)[O-])cc2)C(=O)O)cc1. The van der Waals surface area contributed by atoms with E-state index in [9.17, 15) is 33.2 Å². The van der Waals surface area contributed by atoms with Gasteiger partial charge in [-0.3, -0.25) is 14.9 Å². The molecule has 0 unspecified atom stereocenters. The first-order valence-electron chi connectivity index (χ1n) is 14.5. The van der Waals surface area contributed by atoms with E-state index in [1.165, 1.54) is 24.3 Å². The predicted molar refractivity (Wildman–Crippen MR) is 167 cm³/mol. The molecule has 44 heavy (non-hydrogen) atoms. The Morgan fingerprint density at radius 3 is 2.05 bits per heavy atom. The number of carbonyl (C=O) groups excluding carboxylic acids is 1. The van der Waals surface area contributed by atoms with Gasteiger partial charge in [-0.15, -0.1) is 0 Å². The van der Waals surface area contributed by atoms with Crippen LogP contribution in [0.4, 0.5) is 10.5 Å². The van der Waals surface area contributed by atoms with Crippen LogP contribution in [0.3, 0.4) is 0 Å². The van der Waals surface area contributed by atoms with Gasteiger partial charge in [-0.05, 0) is 55.4 Å². The van der Waals surface area contributed by atoms with Crippen molar-refractivity contribution < 1.29 is 28.0 Å². The smallest absolute Gasteiger partial charge is 0.322 e. The lowest BCUT2D eigenvalue weighted by molar-refractivity contribution is -0.384. The summed E-state index contributed by atoms with van der Waals surface area (Å²) in [4.78, 5) is 37.7. The topological polar surface area (TPSA) is 150 Å². The van der Waals surface area contributed by atoms with Crippen molar-refractivity contribution >= 4 is 27.7 Å². The van der Waals surface area contributed by atoms with Crippen molar-refractivity contribution in [2.24, 2.45) is 5.92 Å². The largest absolute Gasteiger partial charge is 0.480 e. The third-order valence-corrected chi connectivity index (χ3v) is 8.90. The van der Waals surface area contributed by atoms with Gasteiger partial charge in [0, 0.05) is 38.3 Å². The number of nitrogens with one attached hydrogen (secondary N) is 1. The van der Waals surface area contributed by atoms with Crippen LogP contribution in [0.25, 0.3) is 0 Å². The highest BCUT2D eigenvalue weighted by Crippen LogP contribution is 2.23. The number of nitrogens with zero attached hydrogens (tertiary/aromatic N) is 3. The number of amides is 2. The molecule has 0 aliphatic heterocycles. The molecule has 0 aliphatic carbocycles. The van der Waals surface area contributed by atoms with Gasteiger partial charge in [-0.2, -0.15) is 4.31 Å². The van der Waals surface area contributed by atoms with Gasteiger partial charge >= 0.3 is 12.0 Å². The summed E-state index contributed by atoms with van der Waals surface area (Å²) in [5, 5.41) is 23.9. The van der Waals surface area contributed by atoms with Crippen molar-refractivity contribution in [3.8, 4) is 0 Å². The highest BCUT2D eigenvalue weighted by molar-refractivity contribution is 7.89. The maximum absolute atomic E-state index is 13.5. The van der Waals surface area contributed by atoms with Crippen LogP contribution in [0, 0.1) is 23.0 Å². The first-order chi connectivity index (χ1) is 20.9. The second-order valence-electron chi connectivity index (χ2n) is 11.1. The van der Waals surface area contributed by atoms with Crippen LogP contribution in [0.1, 0.15) is 49.8 Å². The van der Waals surface area contributed by atoms with E-state index in [4.69, 9.17) is 0 Å². The quantitative estimate of drug-likeness (QED) is 0.120. The van der Waals surface area contributed by atoms with Crippen molar-refractivity contribution in [3.63, 3.8) is 0 Å². The Kier molecular flexibility index (Phi) is 12.4. The number of aliphatic carboxylic acids is 1. The van der Waals surface area contributed by atoms with Crippen molar-refractivity contribution in [2.75, 3.05) is 13.1 Å². The number of aryl methyl sites for hydroxylation is 1. The zero-order valence-electron chi connectivity index (χ0n) is 25.3. The lowest BCUT2D eigenvalue weighted by Gasteiger charge is -2.29. The number of benzene rings is 3. The molecule has 1 atom stereocenters. The third kappa shape index (κ3) is 9.88. The number of carboxylic acid groups (broad SMARTS) is 1. The molecule has 236 valence electrons. The van der Waals surface area contributed by atoms with Crippen LogP contribution in [0.5, 0.6) is 0 Å². The molecule has 0 radical (unpaired) electrons. The highest BCUT2D eigenvalue weighted by Gasteiger charge is 2.36. The summed E-state index contributed by atoms with van der Waals surface area (Å²) in [6.45, 7) is 6.37. The molecule has 2 N–H and O–H groups in total. The summed E-state index contributed by atoms with van der Waals surface area (Å²) in [7, 11) is -4.05. The Labute approximate surface area is 258 Å². The average molecular weight is 625 g/mol. The predicted octanol–water partition coefficient (Wildman–Crippen LogP) is 5.59. The van der Waals surface area contributed by atoms with Crippen molar-refractivity contribution in [1.82, 2.24) is 14.5 Å². The number of carboxylic acids is 1. The fourth-order valence-electron chi connectivity index (χ4n) is 4.71. The first-order valence-corrected chi connectivity index (χ1v) is 15.9. The fraction of sp³-hybridized carbons (Fsp3) is 0.375. The molecule has 0 aliphatic rings. The van der Waals surface area contributed by atoms with Gasteiger partial charge in [-0.1, -0.05) is 74.0 Å². The van der Waals surface area contributed by atoms with E-state index < -0.39 is 27.0 Å². The van der Waals surface area contributed by atoms with Crippen molar-refractivity contribution in [1.29, 1.82) is 0 Å². The maximum atomic E-state index is 13.5. The summed E-state index contributed by atoms with van der Waals surface area (Å²) in [5.41, 5.74) is 2.50. The second-order valence-corrected chi connectivity index (χ2v) is 13.0. The van der Waals surface area contributed by atoms with Gasteiger partial charge in [0.2, 0.25) is 10.0 Å². The van der Waals surface area contributed by atoms with E-state index in [2.05, 4.69) is 5.32 Å². The maximum Gasteiger partial charge on any atom is 0.322 e. The summed E-state index contributed by atoms with van der Waals surface area (Å²) in [6, 6.07) is 20.2. The number of hydrogen-bond acceptors (Lipinski definition) is 6. The van der Waals surface area contributed by atoms with Gasteiger partial charge in [0.15, 0.2) is 0 Å². The van der Waals surface area contributed by atoms with Crippen LogP contribution < -0.4 is 5.32 Å². The van der Waals surface area contributed by atoms with Crippen molar-refractivity contribution in [2.45, 2.75) is 64.1 Å². The molecule has 0 aromatic heterocycles. The first kappa shape index (κ1) is 34.2. The van der Waals surface area contributed by atoms with Gasteiger partial charge in [-0.25, -0.2) is 13.2 Å². The average Bonchev–Trinajstić information content (AvgIpc) is 2.98. The molecular formula is C32H40N4O7S. The number of rotatable bonds is 16. The molecule has 0 fully saturated rings. The Morgan fingerprint density at radius 1 is 0.909 bits per heavy atom. The molecule has 0 saturated heterocycles. The number of carbonyl (C=O) groups is 2. The molecule has 11 nitrogen and oxygen atoms in total. The Morgan fingerprint density at radius 2 is 1.50 bits per heavy atom. The Bertz CT molecular complexity index is 1500. The molecule has 3 rings (SSSR count). The Hall–Kier alpha value is -4.29. The van der Waals surface area contributed by atoms with Gasteiger partial charge in [0.25, 0.3) is 5.69 Å². The lowest BCUT2D eigenvalue weighted by atomic mass is 10.1. The molecule has 3 aromatic carbocycles. The standard InChI is InChI=1S/C32H40N4O7S/c1-24(2)21-35(44(42,43)29-18-12-25(3)13-19-29)30(31(37)38)11-7-8-20-33-32(39)34(22-26-9-5-4-6-10-26)23-27-14-16-28(17-15-27)36(40)41/h4-6,9-10,12-19,24,30H,7-8,11,20-23H2,1-3H3,(H,33,39)(H,37,38)/t30-/m0/s1. The summed E-state index contributed by atoms with van der Waals surface area (Å²) >= 11 is 0. The number of sulfonamides is 1. The monoisotopic (exact) mass is 624 g/mol. The number of unbranched alkanes of at least 4 members (excludes halogenated alkanes) is 1. The van der Waals surface area contributed by atoms with E-state index in [0.717, 1.165) is 21.0 Å². The lowest BCUT2D eigenvalue weighted by Crippen LogP contribution is -2.46. The Balaban J connectivity index is 1.64. The van der Waals surface area contributed by atoms with Gasteiger partial charge in [0.1, 0.15) is 6.04 Å². The minimum absolute atomic E-state index is 0.0360. The van der Waals surface area contributed by atoms with Crippen LogP contribution in [-0.2, 0) is 27.9 Å². The van der Waals surface area contributed by atoms with Gasteiger partial charge in [0.05, 0.1) is 9.82 Å². The summed E-state index contributed by atoms with van der Waals surface area (Å²) in [5.74, 6) is -1.31. The number of non-ortho nitro benzene ring substituents is 1. The van der Waals surface area contributed by atoms with E-state index >= 15 is 0 Å². The van der Waals surface area contributed by atoms with E-state index in [0.29, 0.717) is 19.4 Å². The number of nitro benzene ring substituents is 1. The molecule has 0 bridgehead atoms. The molecule has 0 spiro atoms. The minimum atomic E-state index is -4.05. The van der Waals surface area contributed by atoms with Crippen LogP contribution in [0.2, 0.25) is 0 Å². The van der Waals surface area contributed by atoms with Crippen molar-refractivity contribution in [3.05, 3.63) is 106 Å². The van der Waals surface area contributed by atoms with Crippen LogP contribution in [0.15, 0.2) is 83.8 Å². The normalized spacial score (nSPS) is 12.2. The third-order valence-electron chi connectivity index (χ3n) is 7.01. The fourth-order valence-corrected chi connectivity index (χ4v) is 6.48. The van der Waals surface area contributed by atoms with E-state index in [1.807, 2.05) is 51.1 Å². The van der Waals surface area contributed by atoms with E-state index in [-0.39, 0.29) is 48.6 Å². The van der Waals surface area contributed by atoms with Crippen LogP contribution >= 0.6 is 0 Å². The summed E-state index contributed by atoms with van der Waals surface area (Å²) in [6.07, 6.45) is 0.891. The minimum Gasteiger partial charge on any atom is -0.480 e. The van der Waals surface area contributed by atoms with Crippen LogP contribution in [-0.4, -0.2) is 58.8 Å². The molecule has 0 heterocycles. The molecule has 0 saturated carbocycles. The highest BCUT2D eigenvalue weighted by atomic mass is 32.2. The summed E-state index contributed by atoms with van der Waals surface area (Å²) < 4.78 is 28.1. The molecule has 2 amide bonds. The molecular weight excluding hydrogens is 584 g/mol. The second kappa shape index (κ2) is 16.0. The van der Waals surface area contributed by atoms with Gasteiger partial charge < -0.3 is 15.3 Å². The molecule has 3 aromatic rings. The zero-order valence-corrected chi connectivity index (χ0v) is 26.1. The molecule has 12 heteroatoms. The number of nitro groups is 1. The number of hydrogen-bond donors (Lipinski definition) is 2. The number of urea groups is 1. The zero-order chi connectivity index (χ0) is 32.3. The van der Waals surface area contributed by atoms with E-state index in [1.54, 1.807) is 29.2 Å².